The summed E-state index contributed by atoms with van der Waals surface area (Å²) in [6.07, 6.45) is 5.06. The average Bonchev–Trinajstić information content (AvgIpc) is 2.81. The van der Waals surface area contributed by atoms with E-state index >= 15 is 0 Å². The van der Waals surface area contributed by atoms with Crippen LogP contribution >= 0.6 is 0 Å². The summed E-state index contributed by atoms with van der Waals surface area (Å²) in [5.41, 5.74) is 9.34. The number of hydrogen-bond acceptors (Lipinski definition) is 3. The van der Waals surface area contributed by atoms with Crippen molar-refractivity contribution in [3.63, 3.8) is 0 Å². The lowest BCUT2D eigenvalue weighted by atomic mass is 9.51. The molecule has 2 atom stereocenters. The summed E-state index contributed by atoms with van der Waals surface area (Å²) >= 11 is 0. The van der Waals surface area contributed by atoms with Gasteiger partial charge in [0.2, 0.25) is 11.8 Å². The summed E-state index contributed by atoms with van der Waals surface area (Å²) < 4.78 is 0. The number of rotatable bonds is 3. The number of fused-ring (bicyclic) bond motifs is 4. The van der Waals surface area contributed by atoms with Crippen molar-refractivity contribution in [1.82, 2.24) is 4.90 Å². The molecular formula is C29H36N2O3. The zero-order valence-electron chi connectivity index (χ0n) is 20.5. The Hall–Kier alpha value is -2.82. The van der Waals surface area contributed by atoms with Crippen LogP contribution in [0.2, 0.25) is 0 Å². The molecule has 0 radical (unpaired) electrons. The van der Waals surface area contributed by atoms with Gasteiger partial charge in [0.1, 0.15) is 5.75 Å². The fourth-order valence-electron chi connectivity index (χ4n) is 7.15. The van der Waals surface area contributed by atoms with Gasteiger partial charge in [0.25, 0.3) is 0 Å². The molecule has 0 aromatic heterocycles. The molecule has 1 saturated carbocycles. The van der Waals surface area contributed by atoms with Gasteiger partial charge in [-0.2, -0.15) is 0 Å². The van der Waals surface area contributed by atoms with Crippen molar-refractivity contribution < 1.29 is 14.7 Å². The zero-order valence-corrected chi connectivity index (χ0v) is 20.5. The highest BCUT2D eigenvalue weighted by atomic mass is 16.3. The number of carbonyl (C=O) groups is 2. The van der Waals surface area contributed by atoms with E-state index in [-0.39, 0.29) is 40.5 Å². The van der Waals surface area contributed by atoms with Crippen molar-refractivity contribution in [3.05, 3.63) is 64.7 Å². The molecule has 0 spiro atoms. The lowest BCUT2D eigenvalue weighted by Gasteiger charge is -2.61. The maximum atomic E-state index is 13.8. The van der Waals surface area contributed by atoms with Gasteiger partial charge < -0.3 is 15.7 Å². The van der Waals surface area contributed by atoms with Gasteiger partial charge in [-0.05, 0) is 78.7 Å². The van der Waals surface area contributed by atoms with E-state index in [0.29, 0.717) is 17.7 Å². The van der Waals surface area contributed by atoms with Gasteiger partial charge in [0.05, 0.1) is 0 Å². The SMILES string of the molecule is CC1(C)[C@H]2Cc3c(O)cccc3[C@]1(C)CCN2C(=O)C1CCC(c2ccccc2C(N)=O)CC1. The number of primary amides is 1. The Balaban J connectivity index is 1.35. The highest BCUT2D eigenvalue weighted by molar-refractivity contribution is 5.94. The summed E-state index contributed by atoms with van der Waals surface area (Å²) in [7, 11) is 0. The molecule has 2 aromatic carbocycles. The van der Waals surface area contributed by atoms with Gasteiger partial charge in [0, 0.05) is 29.5 Å². The second-order valence-corrected chi connectivity index (χ2v) is 11.4. The van der Waals surface area contributed by atoms with Crippen LogP contribution < -0.4 is 5.73 Å². The van der Waals surface area contributed by atoms with Crippen molar-refractivity contribution in [3.8, 4) is 5.75 Å². The van der Waals surface area contributed by atoms with Crippen LogP contribution in [0.15, 0.2) is 42.5 Å². The number of phenols is 1. The molecule has 180 valence electrons. The van der Waals surface area contributed by atoms with Crippen LogP contribution in [0.4, 0.5) is 0 Å². The van der Waals surface area contributed by atoms with Gasteiger partial charge in [-0.15, -0.1) is 0 Å². The number of amides is 2. The molecule has 2 amide bonds. The van der Waals surface area contributed by atoms with Crippen LogP contribution in [0.5, 0.6) is 5.75 Å². The third-order valence-corrected chi connectivity index (χ3v) is 9.65. The molecule has 5 nitrogen and oxygen atoms in total. The summed E-state index contributed by atoms with van der Waals surface area (Å²) in [5.74, 6) is 0.524. The van der Waals surface area contributed by atoms with Gasteiger partial charge in [-0.25, -0.2) is 0 Å². The van der Waals surface area contributed by atoms with E-state index in [1.165, 1.54) is 5.56 Å². The predicted molar refractivity (Wildman–Crippen MR) is 133 cm³/mol. The highest BCUT2D eigenvalue weighted by Gasteiger charge is 2.57. The first-order valence-electron chi connectivity index (χ1n) is 12.7. The Kier molecular flexibility index (Phi) is 5.50. The number of carbonyl (C=O) groups excluding carboxylic acids is 2. The standard InChI is InChI=1S/C29H36N2O3/c1-28(2)25-17-22-23(9-6-10-24(22)32)29(28,3)15-16-31(25)27(34)19-13-11-18(12-14-19)20-7-4-5-8-21(20)26(30)33/h4-10,18-19,25,32H,11-17H2,1-3H3,(H2,30,33)/t18?,19?,25-,29+/m1/s1. The molecule has 5 rings (SSSR count). The minimum Gasteiger partial charge on any atom is -0.508 e. The quantitative estimate of drug-likeness (QED) is 0.683. The summed E-state index contributed by atoms with van der Waals surface area (Å²) in [4.78, 5) is 27.9. The maximum Gasteiger partial charge on any atom is 0.248 e. The molecule has 1 saturated heterocycles. The first-order chi connectivity index (χ1) is 16.1. The zero-order chi connectivity index (χ0) is 24.3. The van der Waals surface area contributed by atoms with Crippen LogP contribution in [-0.2, 0) is 16.6 Å². The first-order valence-corrected chi connectivity index (χ1v) is 12.7. The summed E-state index contributed by atoms with van der Waals surface area (Å²) in [6, 6.07) is 13.6. The van der Waals surface area contributed by atoms with Crippen LogP contribution in [0.25, 0.3) is 0 Å². The molecule has 0 unspecified atom stereocenters. The van der Waals surface area contributed by atoms with Crippen LogP contribution in [0, 0.1) is 11.3 Å². The van der Waals surface area contributed by atoms with Gasteiger partial charge in [-0.1, -0.05) is 51.1 Å². The predicted octanol–water partition coefficient (Wildman–Crippen LogP) is 4.91. The molecular weight excluding hydrogens is 424 g/mol. The van der Waals surface area contributed by atoms with E-state index in [9.17, 15) is 14.7 Å². The molecule has 5 heteroatoms. The van der Waals surface area contributed by atoms with E-state index in [4.69, 9.17) is 5.73 Å². The molecule has 2 bridgehead atoms. The van der Waals surface area contributed by atoms with Crippen molar-refractivity contribution >= 4 is 11.8 Å². The fourth-order valence-corrected chi connectivity index (χ4v) is 7.15. The van der Waals surface area contributed by atoms with Crippen molar-refractivity contribution in [2.24, 2.45) is 17.1 Å². The topological polar surface area (TPSA) is 83.6 Å². The minimum atomic E-state index is -0.381. The third kappa shape index (κ3) is 3.35. The monoisotopic (exact) mass is 460 g/mol. The molecule has 3 aliphatic rings. The number of benzene rings is 2. The normalized spacial score (nSPS) is 29.9. The van der Waals surface area contributed by atoms with Crippen LogP contribution in [-0.4, -0.2) is 34.4 Å². The van der Waals surface area contributed by atoms with E-state index in [1.807, 2.05) is 24.3 Å². The number of hydrogen-bond donors (Lipinski definition) is 2. The Labute approximate surface area is 202 Å². The Morgan fingerprint density at radius 1 is 1.00 bits per heavy atom. The van der Waals surface area contributed by atoms with E-state index < -0.39 is 0 Å². The Morgan fingerprint density at radius 2 is 1.71 bits per heavy atom. The van der Waals surface area contributed by atoms with Crippen molar-refractivity contribution in [2.45, 2.75) is 76.7 Å². The third-order valence-electron chi connectivity index (χ3n) is 9.65. The first kappa shape index (κ1) is 22.9. The number of nitrogens with two attached hydrogens (primary N) is 1. The largest absolute Gasteiger partial charge is 0.508 e. The molecule has 2 fully saturated rings. The Bertz CT molecular complexity index is 1130. The molecule has 1 aliphatic heterocycles. The van der Waals surface area contributed by atoms with Gasteiger partial charge >= 0.3 is 0 Å². The molecule has 2 aliphatic carbocycles. The van der Waals surface area contributed by atoms with Crippen molar-refractivity contribution in [2.75, 3.05) is 6.54 Å². The minimum absolute atomic E-state index is 0.0166. The maximum absolute atomic E-state index is 13.8. The van der Waals surface area contributed by atoms with E-state index in [0.717, 1.165) is 49.8 Å². The highest BCUT2D eigenvalue weighted by Crippen LogP contribution is 2.57. The number of phenolic OH excluding ortho intramolecular Hbond substituents is 1. The number of aromatic hydroxyl groups is 1. The van der Waals surface area contributed by atoms with E-state index in [2.05, 4.69) is 31.7 Å². The number of nitrogens with zero attached hydrogens (tertiary/aromatic N) is 1. The van der Waals surface area contributed by atoms with Crippen LogP contribution in [0.3, 0.4) is 0 Å². The summed E-state index contributed by atoms with van der Waals surface area (Å²) in [5, 5.41) is 10.6. The molecule has 34 heavy (non-hydrogen) atoms. The van der Waals surface area contributed by atoms with E-state index in [1.54, 1.807) is 12.1 Å². The Morgan fingerprint density at radius 3 is 2.41 bits per heavy atom. The molecule has 2 aromatic rings. The van der Waals surface area contributed by atoms with Crippen LogP contribution in [0.1, 0.15) is 85.8 Å². The molecule has 1 heterocycles. The van der Waals surface area contributed by atoms with Gasteiger partial charge in [0.15, 0.2) is 0 Å². The summed E-state index contributed by atoms with van der Waals surface area (Å²) in [6.45, 7) is 7.66. The number of likely N-dealkylation sites (tertiary alicyclic amines) is 1. The fraction of sp³-hybridized carbons (Fsp3) is 0.517. The smallest absolute Gasteiger partial charge is 0.248 e. The number of piperidine rings is 1. The van der Waals surface area contributed by atoms with Gasteiger partial charge in [-0.3, -0.25) is 9.59 Å². The van der Waals surface area contributed by atoms with Crippen molar-refractivity contribution in [1.29, 1.82) is 0 Å². The lowest BCUT2D eigenvalue weighted by Crippen LogP contribution is -2.65. The molecule has 3 N–H and O–H groups in total. The lowest BCUT2D eigenvalue weighted by molar-refractivity contribution is -0.149. The second kappa shape index (κ2) is 8.14. The second-order valence-electron chi connectivity index (χ2n) is 11.4. The average molecular weight is 461 g/mol.